The maximum atomic E-state index is 12.2. The summed E-state index contributed by atoms with van der Waals surface area (Å²) in [6, 6.07) is 9.41. The maximum absolute atomic E-state index is 12.2. The predicted molar refractivity (Wildman–Crippen MR) is 95.0 cm³/mol. The lowest BCUT2D eigenvalue weighted by Crippen LogP contribution is -2.42. The van der Waals surface area contributed by atoms with Crippen LogP contribution in [0.4, 0.5) is 0 Å². The number of carbonyl (C=O) groups is 1. The van der Waals surface area contributed by atoms with Crippen molar-refractivity contribution in [3.8, 4) is 11.5 Å². The molecule has 0 radical (unpaired) electrons. The largest absolute Gasteiger partial charge is 0.485 e. The van der Waals surface area contributed by atoms with Crippen molar-refractivity contribution in [3.05, 3.63) is 53.9 Å². The molecule has 2 heterocycles. The molecule has 1 aliphatic heterocycles. The molecule has 1 aliphatic rings. The molecule has 0 bridgehead atoms. The predicted octanol–water partition coefficient (Wildman–Crippen LogP) is 2.67. The number of hydrogen-bond acceptors (Lipinski definition) is 5. The SMILES string of the molecule is CC(C)(C)c1ccc2c(c1)O[C@@H](C(=O)N/N=C\c1ccncc1)CO2. The highest BCUT2D eigenvalue weighted by Gasteiger charge is 2.28. The third kappa shape index (κ3) is 4.15. The second-order valence-corrected chi connectivity index (χ2v) is 6.84. The van der Waals surface area contributed by atoms with E-state index in [1.165, 1.54) is 0 Å². The van der Waals surface area contributed by atoms with Crippen LogP contribution >= 0.6 is 0 Å². The number of nitrogens with one attached hydrogen (secondary N) is 1. The van der Waals surface area contributed by atoms with Crippen molar-refractivity contribution in [2.75, 3.05) is 6.61 Å². The Labute approximate surface area is 146 Å². The van der Waals surface area contributed by atoms with Crippen LogP contribution in [-0.2, 0) is 10.2 Å². The first-order valence-electron chi connectivity index (χ1n) is 8.10. The average molecular weight is 339 g/mol. The van der Waals surface area contributed by atoms with Crippen molar-refractivity contribution in [2.24, 2.45) is 5.10 Å². The lowest BCUT2D eigenvalue weighted by molar-refractivity contribution is -0.130. The van der Waals surface area contributed by atoms with E-state index >= 15 is 0 Å². The zero-order chi connectivity index (χ0) is 17.9. The topological polar surface area (TPSA) is 72.8 Å². The van der Waals surface area contributed by atoms with E-state index in [-0.39, 0.29) is 17.9 Å². The number of hydrogen-bond donors (Lipinski definition) is 1. The van der Waals surface area contributed by atoms with Crippen LogP contribution in [0.3, 0.4) is 0 Å². The monoisotopic (exact) mass is 339 g/mol. The molecule has 0 spiro atoms. The van der Waals surface area contributed by atoms with Gasteiger partial charge in [-0.15, -0.1) is 0 Å². The highest BCUT2D eigenvalue weighted by molar-refractivity contribution is 5.84. The first-order chi connectivity index (χ1) is 11.9. The molecule has 6 nitrogen and oxygen atoms in total. The van der Waals surface area contributed by atoms with Crippen molar-refractivity contribution < 1.29 is 14.3 Å². The Bertz CT molecular complexity index is 782. The van der Waals surface area contributed by atoms with Gasteiger partial charge in [-0.2, -0.15) is 5.10 Å². The molecule has 25 heavy (non-hydrogen) atoms. The van der Waals surface area contributed by atoms with Gasteiger partial charge in [0.25, 0.3) is 5.91 Å². The fourth-order valence-electron chi connectivity index (χ4n) is 2.36. The summed E-state index contributed by atoms with van der Waals surface area (Å²) in [5.74, 6) is 0.881. The summed E-state index contributed by atoms with van der Waals surface area (Å²) in [5.41, 5.74) is 4.43. The van der Waals surface area contributed by atoms with Gasteiger partial charge < -0.3 is 9.47 Å². The van der Waals surface area contributed by atoms with Gasteiger partial charge in [-0.3, -0.25) is 9.78 Å². The third-order valence-corrected chi connectivity index (χ3v) is 3.86. The van der Waals surface area contributed by atoms with Gasteiger partial charge in [0.05, 0.1) is 6.21 Å². The molecule has 0 saturated heterocycles. The summed E-state index contributed by atoms with van der Waals surface area (Å²) < 4.78 is 11.5. The lowest BCUT2D eigenvalue weighted by atomic mass is 9.87. The molecule has 1 amide bonds. The highest BCUT2D eigenvalue weighted by Crippen LogP contribution is 2.36. The number of nitrogens with zero attached hydrogens (tertiary/aromatic N) is 2. The van der Waals surface area contributed by atoms with E-state index in [4.69, 9.17) is 9.47 Å². The van der Waals surface area contributed by atoms with E-state index in [1.807, 2.05) is 18.2 Å². The fourth-order valence-corrected chi connectivity index (χ4v) is 2.36. The molecule has 6 heteroatoms. The number of amides is 1. The van der Waals surface area contributed by atoms with Crippen molar-refractivity contribution in [1.29, 1.82) is 0 Å². The zero-order valence-corrected chi connectivity index (χ0v) is 14.5. The van der Waals surface area contributed by atoms with E-state index in [1.54, 1.807) is 30.7 Å². The van der Waals surface area contributed by atoms with E-state index in [0.717, 1.165) is 11.1 Å². The number of rotatable bonds is 3. The van der Waals surface area contributed by atoms with Gasteiger partial charge in [0, 0.05) is 12.4 Å². The fraction of sp³-hybridized carbons (Fsp3) is 0.316. The minimum Gasteiger partial charge on any atom is -0.485 e. The summed E-state index contributed by atoms with van der Waals surface area (Å²) in [7, 11) is 0. The van der Waals surface area contributed by atoms with Crippen LogP contribution in [0.2, 0.25) is 0 Å². The number of carbonyl (C=O) groups excluding carboxylic acids is 1. The van der Waals surface area contributed by atoms with Crippen molar-refractivity contribution in [1.82, 2.24) is 10.4 Å². The Morgan fingerprint density at radius 1 is 1.24 bits per heavy atom. The molecule has 3 rings (SSSR count). The molecule has 130 valence electrons. The van der Waals surface area contributed by atoms with Crippen LogP contribution in [-0.4, -0.2) is 29.8 Å². The zero-order valence-electron chi connectivity index (χ0n) is 14.5. The Morgan fingerprint density at radius 3 is 2.72 bits per heavy atom. The van der Waals surface area contributed by atoms with E-state index < -0.39 is 6.10 Å². The summed E-state index contributed by atoms with van der Waals surface area (Å²) in [4.78, 5) is 16.2. The molecule has 0 fully saturated rings. The van der Waals surface area contributed by atoms with E-state index in [2.05, 4.69) is 36.3 Å². The normalized spacial score (nSPS) is 16.7. The summed E-state index contributed by atoms with van der Waals surface area (Å²) in [5, 5.41) is 3.94. The second-order valence-electron chi connectivity index (χ2n) is 6.84. The van der Waals surface area contributed by atoms with Crippen LogP contribution in [0.5, 0.6) is 11.5 Å². The molecule has 1 aromatic heterocycles. The highest BCUT2D eigenvalue weighted by atomic mass is 16.6. The molecular formula is C19H21N3O3. The van der Waals surface area contributed by atoms with Crippen LogP contribution in [0.25, 0.3) is 0 Å². The van der Waals surface area contributed by atoms with Gasteiger partial charge in [-0.25, -0.2) is 5.43 Å². The first-order valence-corrected chi connectivity index (χ1v) is 8.10. The minimum absolute atomic E-state index is 0.0115. The molecular weight excluding hydrogens is 318 g/mol. The van der Waals surface area contributed by atoms with Crippen LogP contribution in [0.1, 0.15) is 31.9 Å². The number of fused-ring (bicyclic) bond motifs is 1. The van der Waals surface area contributed by atoms with Crippen molar-refractivity contribution in [2.45, 2.75) is 32.3 Å². The van der Waals surface area contributed by atoms with E-state index in [0.29, 0.717) is 11.5 Å². The summed E-state index contributed by atoms with van der Waals surface area (Å²) in [6.45, 7) is 6.52. The van der Waals surface area contributed by atoms with Gasteiger partial charge >= 0.3 is 0 Å². The number of pyridine rings is 1. The number of hydrazone groups is 1. The Balaban J connectivity index is 1.65. The minimum atomic E-state index is -0.739. The molecule has 0 unspecified atom stereocenters. The van der Waals surface area contributed by atoms with Gasteiger partial charge in [-0.1, -0.05) is 26.8 Å². The van der Waals surface area contributed by atoms with Crippen LogP contribution in [0, 0.1) is 0 Å². The first kappa shape index (κ1) is 17.0. The Morgan fingerprint density at radius 2 is 2.00 bits per heavy atom. The molecule has 0 aliphatic carbocycles. The average Bonchev–Trinajstić information content (AvgIpc) is 2.61. The molecule has 0 saturated carbocycles. The van der Waals surface area contributed by atoms with Gasteiger partial charge in [-0.05, 0) is 40.8 Å². The van der Waals surface area contributed by atoms with Gasteiger partial charge in [0.1, 0.15) is 6.61 Å². The van der Waals surface area contributed by atoms with Crippen LogP contribution in [0.15, 0.2) is 47.8 Å². The van der Waals surface area contributed by atoms with Gasteiger partial charge in [0.2, 0.25) is 6.10 Å². The summed E-state index contributed by atoms with van der Waals surface area (Å²) >= 11 is 0. The van der Waals surface area contributed by atoms with E-state index in [9.17, 15) is 4.79 Å². The maximum Gasteiger partial charge on any atom is 0.284 e. The molecule has 1 aromatic carbocycles. The summed E-state index contributed by atoms with van der Waals surface area (Å²) in [6.07, 6.45) is 4.13. The third-order valence-electron chi connectivity index (χ3n) is 3.86. The number of ether oxygens (including phenoxy) is 2. The van der Waals surface area contributed by atoms with Crippen molar-refractivity contribution in [3.63, 3.8) is 0 Å². The standard InChI is InChI=1S/C19H21N3O3/c1-19(2,3)14-4-5-15-16(10-14)25-17(12-24-15)18(23)22-21-11-13-6-8-20-9-7-13/h4-11,17H,12H2,1-3H3,(H,22,23)/b21-11-/t17-/m1/s1. The number of aromatic nitrogens is 1. The smallest absolute Gasteiger partial charge is 0.284 e. The Hall–Kier alpha value is -2.89. The Kier molecular flexibility index (Phi) is 4.70. The molecule has 1 N–H and O–H groups in total. The molecule has 1 atom stereocenters. The lowest BCUT2D eigenvalue weighted by Gasteiger charge is -2.27. The van der Waals surface area contributed by atoms with Gasteiger partial charge in [0.15, 0.2) is 11.5 Å². The second kappa shape index (κ2) is 6.93. The van der Waals surface area contributed by atoms with Crippen molar-refractivity contribution >= 4 is 12.1 Å². The van der Waals surface area contributed by atoms with Crippen LogP contribution < -0.4 is 14.9 Å². The quantitative estimate of drug-likeness (QED) is 0.689. The number of benzene rings is 1. The molecule has 2 aromatic rings.